The minimum atomic E-state index is -3.39. The molecule has 0 bridgehead atoms. The van der Waals surface area contributed by atoms with Gasteiger partial charge in [0.2, 0.25) is 10.0 Å². The molecule has 2 unspecified atom stereocenters. The van der Waals surface area contributed by atoms with Crippen LogP contribution in [0.3, 0.4) is 0 Å². The molecule has 4 nitrogen and oxygen atoms in total. The van der Waals surface area contributed by atoms with E-state index in [1.165, 1.54) is 0 Å². The Kier molecular flexibility index (Phi) is 3.18. The van der Waals surface area contributed by atoms with E-state index in [0.717, 1.165) is 12.0 Å². The second-order valence-electron chi connectivity index (χ2n) is 4.42. The van der Waals surface area contributed by atoms with Gasteiger partial charge in [0.05, 0.1) is 17.4 Å². The van der Waals surface area contributed by atoms with Crippen molar-refractivity contribution in [2.24, 2.45) is 5.92 Å². The molecule has 1 fully saturated rings. The fourth-order valence-electron chi connectivity index (χ4n) is 1.63. The van der Waals surface area contributed by atoms with Crippen molar-refractivity contribution in [3.8, 4) is 6.07 Å². The van der Waals surface area contributed by atoms with E-state index in [1.54, 1.807) is 24.3 Å². The number of hydrogen-bond acceptors (Lipinski definition) is 3. The molecule has 0 aromatic heterocycles. The first-order valence-electron chi connectivity index (χ1n) is 5.51. The molecule has 5 heteroatoms. The fourth-order valence-corrected chi connectivity index (χ4v) is 2.99. The first kappa shape index (κ1) is 12.1. The van der Waals surface area contributed by atoms with E-state index in [1.807, 2.05) is 13.0 Å². The van der Waals surface area contributed by atoms with Crippen LogP contribution in [-0.2, 0) is 16.4 Å². The molecule has 0 radical (unpaired) electrons. The summed E-state index contributed by atoms with van der Waals surface area (Å²) in [5, 5.41) is 8.52. The van der Waals surface area contributed by atoms with Gasteiger partial charge in [0.25, 0.3) is 0 Å². The molecule has 1 aliphatic carbocycles. The van der Waals surface area contributed by atoms with E-state index < -0.39 is 10.0 Å². The van der Waals surface area contributed by atoms with Crippen LogP contribution < -0.4 is 4.72 Å². The molecule has 0 heterocycles. The Morgan fingerprint density at radius 3 is 2.47 bits per heavy atom. The van der Waals surface area contributed by atoms with Gasteiger partial charge in [-0.1, -0.05) is 19.1 Å². The zero-order valence-electron chi connectivity index (χ0n) is 9.55. The number of benzene rings is 1. The van der Waals surface area contributed by atoms with Gasteiger partial charge < -0.3 is 0 Å². The molecule has 90 valence electrons. The lowest BCUT2D eigenvalue weighted by Crippen LogP contribution is -2.26. The first-order valence-corrected chi connectivity index (χ1v) is 6.99. The van der Waals surface area contributed by atoms with Gasteiger partial charge in [0.15, 0.2) is 0 Å². The molecule has 0 amide bonds. The van der Waals surface area contributed by atoms with Crippen LogP contribution in [0.25, 0.3) is 0 Å². The predicted octanol–water partition coefficient (Wildman–Crippen LogP) is 1.44. The maximum Gasteiger partial charge on any atom is 0.240 e. The monoisotopic (exact) mass is 250 g/mol. The van der Waals surface area contributed by atoms with Crippen LogP contribution in [0.4, 0.5) is 0 Å². The van der Waals surface area contributed by atoms with E-state index in [9.17, 15) is 8.42 Å². The molecular weight excluding hydrogens is 236 g/mol. The summed E-state index contributed by atoms with van der Waals surface area (Å²) in [5.74, 6) is 0.433. The van der Waals surface area contributed by atoms with E-state index in [-0.39, 0.29) is 10.9 Å². The zero-order chi connectivity index (χ0) is 12.5. The molecule has 17 heavy (non-hydrogen) atoms. The summed E-state index contributed by atoms with van der Waals surface area (Å²) in [7, 11) is -3.39. The highest BCUT2D eigenvalue weighted by atomic mass is 32.2. The summed E-state index contributed by atoms with van der Waals surface area (Å²) in [6.45, 7) is 2.02. The molecule has 0 aliphatic heterocycles. The van der Waals surface area contributed by atoms with Gasteiger partial charge in [-0.05, 0) is 30.0 Å². The van der Waals surface area contributed by atoms with Gasteiger partial charge in [-0.15, -0.1) is 0 Å². The molecule has 0 spiro atoms. The van der Waals surface area contributed by atoms with Crippen LogP contribution in [0.1, 0.15) is 18.9 Å². The highest BCUT2D eigenvalue weighted by molar-refractivity contribution is 7.89. The van der Waals surface area contributed by atoms with Crippen LogP contribution >= 0.6 is 0 Å². The Morgan fingerprint density at radius 1 is 1.41 bits per heavy atom. The van der Waals surface area contributed by atoms with Gasteiger partial charge in [0.1, 0.15) is 0 Å². The van der Waals surface area contributed by atoms with Crippen molar-refractivity contribution in [2.75, 3.05) is 0 Å². The smallest absolute Gasteiger partial charge is 0.208 e. The lowest BCUT2D eigenvalue weighted by molar-refractivity contribution is 0.578. The summed E-state index contributed by atoms with van der Waals surface area (Å²) < 4.78 is 26.5. The number of nitrogens with zero attached hydrogens (tertiary/aromatic N) is 1. The van der Waals surface area contributed by atoms with E-state index in [0.29, 0.717) is 12.3 Å². The van der Waals surface area contributed by atoms with Crippen LogP contribution in [-0.4, -0.2) is 14.5 Å². The largest absolute Gasteiger partial charge is 0.240 e. The topological polar surface area (TPSA) is 70.0 Å². The second kappa shape index (κ2) is 4.47. The molecule has 1 aromatic rings. The number of hydrogen-bond donors (Lipinski definition) is 1. The molecule has 2 rings (SSSR count). The van der Waals surface area contributed by atoms with E-state index in [2.05, 4.69) is 4.72 Å². The predicted molar refractivity (Wildman–Crippen MR) is 63.6 cm³/mol. The van der Waals surface area contributed by atoms with Crippen molar-refractivity contribution in [3.63, 3.8) is 0 Å². The number of rotatable bonds is 4. The standard InChI is InChI=1S/C12H14N2O2S/c1-9-8-12(9)14-17(15,16)11-4-2-10(3-5-11)6-7-13/h2-5,9,12,14H,6,8H2,1H3. The SMILES string of the molecule is CC1CC1NS(=O)(=O)c1ccc(CC#N)cc1. The molecule has 2 atom stereocenters. The number of sulfonamides is 1. The molecule has 1 saturated carbocycles. The third-order valence-electron chi connectivity index (χ3n) is 2.93. The minimum absolute atomic E-state index is 0.0822. The Balaban J connectivity index is 2.13. The third-order valence-corrected chi connectivity index (χ3v) is 4.44. The minimum Gasteiger partial charge on any atom is -0.208 e. The first-order chi connectivity index (χ1) is 8.03. The van der Waals surface area contributed by atoms with E-state index >= 15 is 0 Å². The van der Waals surface area contributed by atoms with Crippen molar-refractivity contribution in [1.29, 1.82) is 5.26 Å². The zero-order valence-corrected chi connectivity index (χ0v) is 10.4. The van der Waals surface area contributed by atoms with Gasteiger partial charge in [-0.25, -0.2) is 13.1 Å². The summed E-state index contributed by atoms with van der Waals surface area (Å²) in [6.07, 6.45) is 1.21. The lowest BCUT2D eigenvalue weighted by atomic mass is 10.2. The van der Waals surface area contributed by atoms with Gasteiger partial charge >= 0.3 is 0 Å². The van der Waals surface area contributed by atoms with Crippen molar-refractivity contribution >= 4 is 10.0 Å². The van der Waals surface area contributed by atoms with Crippen molar-refractivity contribution in [3.05, 3.63) is 29.8 Å². The number of nitrogens with one attached hydrogen (secondary N) is 1. The van der Waals surface area contributed by atoms with Crippen LogP contribution in [0.15, 0.2) is 29.2 Å². The highest BCUT2D eigenvalue weighted by Crippen LogP contribution is 2.30. The second-order valence-corrected chi connectivity index (χ2v) is 6.13. The molecule has 1 aliphatic rings. The van der Waals surface area contributed by atoms with Crippen molar-refractivity contribution in [2.45, 2.75) is 30.7 Å². The Labute approximate surface area is 101 Å². The Bertz CT molecular complexity index is 543. The maximum absolute atomic E-state index is 11.9. The third kappa shape index (κ3) is 2.84. The van der Waals surface area contributed by atoms with Crippen LogP contribution in [0.5, 0.6) is 0 Å². The van der Waals surface area contributed by atoms with Gasteiger partial charge in [-0.2, -0.15) is 5.26 Å². The lowest BCUT2D eigenvalue weighted by Gasteiger charge is -2.06. The molecule has 1 N–H and O–H groups in total. The average Bonchev–Trinajstić information content (AvgIpc) is 2.94. The normalized spacial score (nSPS) is 23.1. The van der Waals surface area contributed by atoms with Gasteiger partial charge in [-0.3, -0.25) is 0 Å². The quantitative estimate of drug-likeness (QED) is 0.879. The fraction of sp³-hybridized carbons (Fsp3) is 0.417. The van der Waals surface area contributed by atoms with Crippen LogP contribution in [0, 0.1) is 17.2 Å². The Morgan fingerprint density at radius 2 is 2.00 bits per heavy atom. The maximum atomic E-state index is 11.9. The molecule has 0 saturated heterocycles. The summed E-state index contributed by atoms with van der Waals surface area (Å²) in [5.41, 5.74) is 0.825. The van der Waals surface area contributed by atoms with E-state index in [4.69, 9.17) is 5.26 Å². The summed E-state index contributed by atoms with van der Waals surface area (Å²) >= 11 is 0. The van der Waals surface area contributed by atoms with Crippen molar-refractivity contribution in [1.82, 2.24) is 4.72 Å². The van der Waals surface area contributed by atoms with Crippen LogP contribution in [0.2, 0.25) is 0 Å². The Hall–Kier alpha value is -1.38. The summed E-state index contributed by atoms with van der Waals surface area (Å²) in [4.78, 5) is 0.262. The number of nitriles is 1. The molecular formula is C12H14N2O2S. The average molecular weight is 250 g/mol. The highest BCUT2D eigenvalue weighted by Gasteiger charge is 2.36. The van der Waals surface area contributed by atoms with Gasteiger partial charge in [0, 0.05) is 6.04 Å². The van der Waals surface area contributed by atoms with Crippen molar-refractivity contribution < 1.29 is 8.42 Å². The molecule has 1 aromatic carbocycles. The summed E-state index contributed by atoms with van der Waals surface area (Å²) in [6, 6.07) is 8.54.